The van der Waals surface area contributed by atoms with Gasteiger partial charge in [-0.15, -0.1) is 12.4 Å². The van der Waals surface area contributed by atoms with Crippen LogP contribution in [0, 0.1) is 0 Å². The van der Waals surface area contributed by atoms with E-state index in [0.717, 1.165) is 32.4 Å². The summed E-state index contributed by atoms with van der Waals surface area (Å²) in [5.74, 6) is 0.0410. The molecular weight excluding hydrogens is 304 g/mol. The van der Waals surface area contributed by atoms with Crippen LogP contribution < -0.4 is 16.4 Å². The highest BCUT2D eigenvalue weighted by molar-refractivity contribution is 5.97. The smallest absolute Gasteiger partial charge is 0.316 e. The molecule has 2 aliphatic heterocycles. The Morgan fingerprint density at radius 3 is 2.77 bits per heavy atom. The van der Waals surface area contributed by atoms with Crippen molar-refractivity contribution in [3.05, 3.63) is 29.8 Å². The number of primary amides is 1. The van der Waals surface area contributed by atoms with Crippen molar-refractivity contribution < 1.29 is 9.59 Å². The highest BCUT2D eigenvalue weighted by Gasteiger charge is 2.38. The molecule has 0 spiro atoms. The summed E-state index contributed by atoms with van der Waals surface area (Å²) in [4.78, 5) is 25.7. The Labute approximate surface area is 135 Å². The van der Waals surface area contributed by atoms with Gasteiger partial charge >= 0.3 is 6.03 Å². The molecule has 6 nitrogen and oxygen atoms in total. The molecule has 0 radical (unpaired) electrons. The number of carbonyl (C=O) groups is 2. The molecule has 2 bridgehead atoms. The van der Waals surface area contributed by atoms with Gasteiger partial charge in [-0.05, 0) is 44.0 Å². The molecule has 0 saturated carbocycles. The number of rotatable bonds is 2. The minimum Gasteiger partial charge on any atom is -0.351 e. The van der Waals surface area contributed by atoms with Crippen LogP contribution in [0.5, 0.6) is 0 Å². The number of hydrogen-bond donors (Lipinski definition) is 3. The van der Waals surface area contributed by atoms with E-state index in [4.69, 9.17) is 5.73 Å². The number of amides is 3. The minimum absolute atomic E-state index is 0. The van der Waals surface area contributed by atoms with Crippen LogP contribution in [0.2, 0.25) is 0 Å². The second-order valence-corrected chi connectivity index (χ2v) is 5.66. The standard InChI is InChI=1S/C15H20N4O2.ClH/c16-15(21)18-11-3-1-2-10(8-11)14(20)19-12-4-5-13(19)9-17-7-6-12;/h1-3,8,12-13,17H,4-7,9H2,(H3,16,18,21);1H. The van der Waals surface area contributed by atoms with Gasteiger partial charge in [0.2, 0.25) is 0 Å². The van der Waals surface area contributed by atoms with Crippen molar-refractivity contribution in [3.8, 4) is 0 Å². The maximum absolute atomic E-state index is 12.8. The summed E-state index contributed by atoms with van der Waals surface area (Å²) < 4.78 is 0. The zero-order chi connectivity index (χ0) is 14.8. The molecule has 2 aliphatic rings. The average molecular weight is 325 g/mol. The molecule has 1 aromatic rings. The quantitative estimate of drug-likeness (QED) is 0.771. The zero-order valence-corrected chi connectivity index (χ0v) is 13.1. The van der Waals surface area contributed by atoms with Gasteiger partial charge in [0.1, 0.15) is 0 Å². The summed E-state index contributed by atoms with van der Waals surface area (Å²) in [6.07, 6.45) is 3.14. The molecular formula is C15H21ClN4O2. The van der Waals surface area contributed by atoms with Crippen LogP contribution in [0.3, 0.4) is 0 Å². The number of nitrogens with zero attached hydrogens (tertiary/aromatic N) is 1. The van der Waals surface area contributed by atoms with Crippen LogP contribution in [-0.2, 0) is 0 Å². The Balaban J connectivity index is 0.00000176. The molecule has 120 valence electrons. The molecule has 4 N–H and O–H groups in total. The monoisotopic (exact) mass is 324 g/mol. The first-order chi connectivity index (χ1) is 10.1. The topological polar surface area (TPSA) is 87.5 Å². The van der Waals surface area contributed by atoms with Gasteiger partial charge in [0, 0.05) is 29.9 Å². The van der Waals surface area contributed by atoms with E-state index in [2.05, 4.69) is 10.6 Å². The van der Waals surface area contributed by atoms with E-state index in [1.54, 1.807) is 24.3 Å². The fourth-order valence-corrected chi connectivity index (χ4v) is 3.34. The molecule has 2 heterocycles. The van der Waals surface area contributed by atoms with Crippen molar-refractivity contribution in [3.63, 3.8) is 0 Å². The Bertz CT molecular complexity index is 552. The molecule has 7 heteroatoms. The molecule has 22 heavy (non-hydrogen) atoms. The first kappa shape index (κ1) is 16.6. The van der Waals surface area contributed by atoms with E-state index in [9.17, 15) is 9.59 Å². The van der Waals surface area contributed by atoms with Gasteiger partial charge in [-0.25, -0.2) is 4.79 Å². The van der Waals surface area contributed by atoms with Gasteiger partial charge in [0.15, 0.2) is 0 Å². The highest BCUT2D eigenvalue weighted by Crippen LogP contribution is 2.29. The lowest BCUT2D eigenvalue weighted by molar-refractivity contribution is 0.0680. The lowest BCUT2D eigenvalue weighted by Gasteiger charge is -2.28. The fraction of sp³-hybridized carbons (Fsp3) is 0.467. The minimum atomic E-state index is -0.626. The van der Waals surface area contributed by atoms with E-state index in [1.165, 1.54) is 0 Å². The highest BCUT2D eigenvalue weighted by atomic mass is 35.5. The zero-order valence-electron chi connectivity index (χ0n) is 12.2. The summed E-state index contributed by atoms with van der Waals surface area (Å²) in [5, 5.41) is 5.89. The number of fused-ring (bicyclic) bond motifs is 2. The molecule has 2 fully saturated rings. The number of carbonyl (C=O) groups excluding carboxylic acids is 2. The van der Waals surface area contributed by atoms with Crippen LogP contribution in [0.15, 0.2) is 24.3 Å². The Hall–Kier alpha value is -1.79. The largest absolute Gasteiger partial charge is 0.351 e. The van der Waals surface area contributed by atoms with Crippen molar-refractivity contribution in [2.45, 2.75) is 31.3 Å². The van der Waals surface area contributed by atoms with Gasteiger partial charge in [-0.1, -0.05) is 6.07 Å². The first-order valence-corrected chi connectivity index (χ1v) is 7.35. The molecule has 2 saturated heterocycles. The Kier molecular flexibility index (Phi) is 5.26. The summed E-state index contributed by atoms with van der Waals surface area (Å²) in [7, 11) is 0. The third-order valence-electron chi connectivity index (χ3n) is 4.27. The number of hydrogen-bond acceptors (Lipinski definition) is 3. The molecule has 3 rings (SSSR count). The SMILES string of the molecule is Cl.NC(=O)Nc1cccc(C(=O)N2C3CCNCC2CC3)c1. The van der Waals surface area contributed by atoms with E-state index in [-0.39, 0.29) is 24.4 Å². The lowest BCUT2D eigenvalue weighted by atomic mass is 10.1. The Morgan fingerprint density at radius 1 is 1.23 bits per heavy atom. The lowest BCUT2D eigenvalue weighted by Crippen LogP contribution is -2.42. The van der Waals surface area contributed by atoms with Gasteiger partial charge in [-0.2, -0.15) is 0 Å². The van der Waals surface area contributed by atoms with Gasteiger partial charge in [0.05, 0.1) is 0 Å². The van der Waals surface area contributed by atoms with Crippen molar-refractivity contribution in [2.75, 3.05) is 18.4 Å². The van der Waals surface area contributed by atoms with Crippen LogP contribution >= 0.6 is 12.4 Å². The molecule has 1 aromatic carbocycles. The van der Waals surface area contributed by atoms with Crippen LogP contribution in [0.25, 0.3) is 0 Å². The summed E-state index contributed by atoms with van der Waals surface area (Å²) in [6, 6.07) is 6.93. The fourth-order valence-electron chi connectivity index (χ4n) is 3.34. The maximum Gasteiger partial charge on any atom is 0.316 e. The normalized spacial score (nSPS) is 23.4. The van der Waals surface area contributed by atoms with Gasteiger partial charge in [-0.3, -0.25) is 4.79 Å². The number of anilines is 1. The van der Waals surface area contributed by atoms with Gasteiger partial charge < -0.3 is 21.3 Å². The molecule has 0 aliphatic carbocycles. The maximum atomic E-state index is 12.8. The van der Waals surface area contributed by atoms with Crippen LogP contribution in [0.4, 0.5) is 10.5 Å². The third kappa shape index (κ3) is 3.34. The second-order valence-electron chi connectivity index (χ2n) is 5.66. The predicted molar refractivity (Wildman–Crippen MR) is 87.4 cm³/mol. The second kappa shape index (κ2) is 6.98. The van der Waals surface area contributed by atoms with Crippen molar-refractivity contribution in [2.24, 2.45) is 5.73 Å². The van der Waals surface area contributed by atoms with E-state index in [1.807, 2.05) is 4.90 Å². The predicted octanol–water partition coefficient (Wildman–Crippen LogP) is 1.57. The summed E-state index contributed by atoms with van der Waals surface area (Å²) in [5.41, 5.74) is 6.26. The van der Waals surface area contributed by atoms with Crippen LogP contribution in [-0.4, -0.2) is 42.0 Å². The van der Waals surface area contributed by atoms with Crippen molar-refractivity contribution in [1.82, 2.24) is 10.2 Å². The molecule has 0 aromatic heterocycles. The van der Waals surface area contributed by atoms with Crippen LogP contribution in [0.1, 0.15) is 29.6 Å². The number of urea groups is 1. The molecule has 2 unspecified atom stereocenters. The summed E-state index contributed by atoms with van der Waals surface area (Å²) >= 11 is 0. The van der Waals surface area contributed by atoms with E-state index >= 15 is 0 Å². The van der Waals surface area contributed by atoms with Crippen molar-refractivity contribution >= 4 is 30.0 Å². The van der Waals surface area contributed by atoms with Crippen molar-refractivity contribution in [1.29, 1.82) is 0 Å². The van der Waals surface area contributed by atoms with E-state index < -0.39 is 6.03 Å². The number of nitrogens with two attached hydrogens (primary N) is 1. The van der Waals surface area contributed by atoms with E-state index in [0.29, 0.717) is 17.3 Å². The van der Waals surface area contributed by atoms with Gasteiger partial charge in [0.25, 0.3) is 5.91 Å². The molecule has 2 atom stereocenters. The first-order valence-electron chi connectivity index (χ1n) is 7.35. The Morgan fingerprint density at radius 2 is 2.00 bits per heavy atom. The number of benzene rings is 1. The summed E-state index contributed by atoms with van der Waals surface area (Å²) in [6.45, 7) is 1.83. The molecule has 3 amide bonds. The average Bonchev–Trinajstić information content (AvgIpc) is 2.71. The third-order valence-corrected chi connectivity index (χ3v) is 4.27. The number of halogens is 1. The number of nitrogens with one attached hydrogen (secondary N) is 2.